The van der Waals surface area contributed by atoms with Crippen molar-refractivity contribution in [3.63, 3.8) is 0 Å². The largest absolute Gasteiger partial charge is 0.330 e. The van der Waals surface area contributed by atoms with Crippen molar-refractivity contribution in [1.29, 1.82) is 0 Å². The number of nitrogens with two attached hydrogens (primary N) is 1. The van der Waals surface area contributed by atoms with E-state index in [2.05, 4.69) is 49.3 Å². The molecule has 1 heterocycles. The van der Waals surface area contributed by atoms with Crippen LogP contribution in [0.25, 0.3) is 10.8 Å². The minimum Gasteiger partial charge on any atom is -0.330 e. The third kappa shape index (κ3) is 2.82. The van der Waals surface area contributed by atoms with E-state index in [-0.39, 0.29) is 0 Å². The standard InChI is InChI=1S/C19H26N2/c1-13(2)14-7-8-15(10-20)18(9-14)19-12-21-11-16-5-3-4-6-17(16)19/h3-6,11-15,18H,7-10,20H2,1-2H3. The average Bonchev–Trinajstić information content (AvgIpc) is 2.53. The topological polar surface area (TPSA) is 38.9 Å². The lowest BCUT2D eigenvalue weighted by Gasteiger charge is -2.38. The molecule has 1 aromatic heterocycles. The van der Waals surface area contributed by atoms with E-state index in [4.69, 9.17) is 5.73 Å². The monoisotopic (exact) mass is 282 g/mol. The van der Waals surface area contributed by atoms with Crippen molar-refractivity contribution in [2.75, 3.05) is 6.54 Å². The molecular weight excluding hydrogens is 256 g/mol. The molecule has 112 valence electrons. The first-order chi connectivity index (χ1) is 10.2. The van der Waals surface area contributed by atoms with Crippen molar-refractivity contribution in [3.05, 3.63) is 42.2 Å². The molecule has 3 rings (SSSR count). The Kier molecular flexibility index (Phi) is 4.25. The van der Waals surface area contributed by atoms with Crippen molar-refractivity contribution in [3.8, 4) is 0 Å². The summed E-state index contributed by atoms with van der Waals surface area (Å²) in [6.07, 6.45) is 7.90. The Morgan fingerprint density at radius 1 is 1.19 bits per heavy atom. The summed E-state index contributed by atoms with van der Waals surface area (Å²) >= 11 is 0. The molecule has 0 aliphatic heterocycles. The molecule has 0 saturated heterocycles. The maximum Gasteiger partial charge on any atom is 0.0346 e. The molecule has 2 N–H and O–H groups in total. The van der Waals surface area contributed by atoms with Gasteiger partial charge in [0.05, 0.1) is 0 Å². The Hall–Kier alpha value is -1.41. The number of hydrogen-bond acceptors (Lipinski definition) is 2. The average molecular weight is 282 g/mol. The SMILES string of the molecule is CC(C)C1CCC(CN)C(c2cncc3ccccc23)C1. The van der Waals surface area contributed by atoms with Crippen molar-refractivity contribution < 1.29 is 0 Å². The minimum absolute atomic E-state index is 0.565. The van der Waals surface area contributed by atoms with Crippen LogP contribution in [0.3, 0.4) is 0 Å². The number of aromatic nitrogens is 1. The van der Waals surface area contributed by atoms with Gasteiger partial charge in [-0.3, -0.25) is 4.98 Å². The highest BCUT2D eigenvalue weighted by atomic mass is 14.6. The Bertz CT molecular complexity index is 600. The van der Waals surface area contributed by atoms with Gasteiger partial charge >= 0.3 is 0 Å². The summed E-state index contributed by atoms with van der Waals surface area (Å²) in [5.41, 5.74) is 7.49. The van der Waals surface area contributed by atoms with Gasteiger partial charge in [0.1, 0.15) is 0 Å². The fourth-order valence-electron chi connectivity index (χ4n) is 3.97. The lowest BCUT2D eigenvalue weighted by Crippen LogP contribution is -2.31. The maximum atomic E-state index is 6.08. The molecule has 3 atom stereocenters. The highest BCUT2D eigenvalue weighted by Crippen LogP contribution is 2.44. The molecule has 1 fully saturated rings. The van der Waals surface area contributed by atoms with Crippen LogP contribution in [-0.2, 0) is 0 Å². The van der Waals surface area contributed by atoms with Gasteiger partial charge in [-0.15, -0.1) is 0 Å². The molecule has 2 nitrogen and oxygen atoms in total. The van der Waals surface area contributed by atoms with Crippen LogP contribution >= 0.6 is 0 Å². The Labute approximate surface area is 127 Å². The summed E-state index contributed by atoms with van der Waals surface area (Å²) in [4.78, 5) is 4.49. The van der Waals surface area contributed by atoms with E-state index < -0.39 is 0 Å². The summed E-state index contributed by atoms with van der Waals surface area (Å²) in [6.45, 7) is 5.50. The molecule has 1 saturated carbocycles. The van der Waals surface area contributed by atoms with Crippen molar-refractivity contribution in [2.24, 2.45) is 23.5 Å². The predicted octanol–water partition coefficient (Wildman–Crippen LogP) is 4.35. The van der Waals surface area contributed by atoms with Gasteiger partial charge in [-0.05, 0) is 60.4 Å². The van der Waals surface area contributed by atoms with Crippen LogP contribution in [0.4, 0.5) is 0 Å². The Morgan fingerprint density at radius 2 is 2.00 bits per heavy atom. The molecular formula is C19H26N2. The van der Waals surface area contributed by atoms with Crippen LogP contribution in [0.5, 0.6) is 0 Å². The van der Waals surface area contributed by atoms with E-state index in [0.717, 1.165) is 18.4 Å². The van der Waals surface area contributed by atoms with Gasteiger partial charge in [-0.2, -0.15) is 0 Å². The second kappa shape index (κ2) is 6.15. The van der Waals surface area contributed by atoms with Crippen molar-refractivity contribution in [1.82, 2.24) is 4.98 Å². The predicted molar refractivity (Wildman–Crippen MR) is 89.2 cm³/mol. The first kappa shape index (κ1) is 14.5. The van der Waals surface area contributed by atoms with Crippen molar-refractivity contribution >= 4 is 10.8 Å². The molecule has 1 aromatic carbocycles. The molecule has 1 aliphatic rings. The molecule has 21 heavy (non-hydrogen) atoms. The van der Waals surface area contributed by atoms with E-state index in [1.165, 1.54) is 35.6 Å². The van der Waals surface area contributed by atoms with Gasteiger partial charge in [0.15, 0.2) is 0 Å². The van der Waals surface area contributed by atoms with Gasteiger partial charge in [0, 0.05) is 17.8 Å². The Balaban J connectivity index is 2.01. The first-order valence-corrected chi connectivity index (χ1v) is 8.23. The van der Waals surface area contributed by atoms with E-state index >= 15 is 0 Å². The second-order valence-electron chi connectivity index (χ2n) is 6.87. The minimum atomic E-state index is 0.565. The maximum absolute atomic E-state index is 6.08. The van der Waals surface area contributed by atoms with Crippen LogP contribution in [0.15, 0.2) is 36.7 Å². The smallest absolute Gasteiger partial charge is 0.0346 e. The van der Waals surface area contributed by atoms with E-state index in [1.54, 1.807) is 0 Å². The molecule has 0 bridgehead atoms. The van der Waals surface area contributed by atoms with Gasteiger partial charge < -0.3 is 5.73 Å². The quantitative estimate of drug-likeness (QED) is 0.909. The van der Waals surface area contributed by atoms with E-state index in [9.17, 15) is 0 Å². The van der Waals surface area contributed by atoms with Gasteiger partial charge in [0.2, 0.25) is 0 Å². The number of pyridine rings is 1. The third-order valence-electron chi connectivity index (χ3n) is 5.38. The molecule has 0 radical (unpaired) electrons. The molecule has 0 spiro atoms. The third-order valence-corrected chi connectivity index (χ3v) is 5.38. The van der Waals surface area contributed by atoms with Gasteiger partial charge in [-0.1, -0.05) is 38.1 Å². The number of benzene rings is 1. The van der Waals surface area contributed by atoms with Crippen LogP contribution in [0, 0.1) is 17.8 Å². The summed E-state index contributed by atoms with van der Waals surface area (Å²) in [5.74, 6) is 2.74. The lowest BCUT2D eigenvalue weighted by molar-refractivity contribution is 0.198. The number of fused-ring (bicyclic) bond motifs is 1. The molecule has 2 heteroatoms. The van der Waals surface area contributed by atoms with E-state index in [1.807, 2.05) is 6.20 Å². The van der Waals surface area contributed by atoms with Crippen LogP contribution in [-0.4, -0.2) is 11.5 Å². The highest BCUT2D eigenvalue weighted by Gasteiger charge is 2.32. The summed E-state index contributed by atoms with van der Waals surface area (Å²) < 4.78 is 0. The fourth-order valence-corrected chi connectivity index (χ4v) is 3.97. The van der Waals surface area contributed by atoms with Gasteiger partial charge in [-0.25, -0.2) is 0 Å². The number of rotatable bonds is 3. The highest BCUT2D eigenvalue weighted by molar-refractivity contribution is 5.85. The van der Waals surface area contributed by atoms with Crippen LogP contribution < -0.4 is 5.73 Å². The molecule has 0 amide bonds. The molecule has 3 unspecified atom stereocenters. The Morgan fingerprint density at radius 3 is 2.76 bits per heavy atom. The molecule has 1 aliphatic carbocycles. The zero-order chi connectivity index (χ0) is 14.8. The summed E-state index contributed by atoms with van der Waals surface area (Å²) in [5, 5.41) is 2.61. The zero-order valence-electron chi connectivity index (χ0n) is 13.1. The second-order valence-corrected chi connectivity index (χ2v) is 6.87. The summed E-state index contributed by atoms with van der Waals surface area (Å²) in [7, 11) is 0. The van der Waals surface area contributed by atoms with E-state index in [0.29, 0.717) is 11.8 Å². The number of hydrogen-bond donors (Lipinski definition) is 1. The number of nitrogens with zero attached hydrogens (tertiary/aromatic N) is 1. The van der Waals surface area contributed by atoms with Crippen molar-refractivity contribution in [2.45, 2.75) is 39.0 Å². The fraction of sp³-hybridized carbons (Fsp3) is 0.526. The summed E-state index contributed by atoms with van der Waals surface area (Å²) in [6, 6.07) is 8.61. The lowest BCUT2D eigenvalue weighted by atomic mass is 9.68. The van der Waals surface area contributed by atoms with Crippen LogP contribution in [0.2, 0.25) is 0 Å². The van der Waals surface area contributed by atoms with Crippen LogP contribution in [0.1, 0.15) is 44.6 Å². The first-order valence-electron chi connectivity index (χ1n) is 8.23. The van der Waals surface area contributed by atoms with Gasteiger partial charge in [0.25, 0.3) is 0 Å². The molecule has 2 aromatic rings. The zero-order valence-corrected chi connectivity index (χ0v) is 13.1. The normalized spacial score (nSPS) is 26.4.